The van der Waals surface area contributed by atoms with Crippen LogP contribution in [0.15, 0.2) is 29.2 Å². The summed E-state index contributed by atoms with van der Waals surface area (Å²) in [6.07, 6.45) is -0.809. The van der Waals surface area contributed by atoms with Gasteiger partial charge in [0.1, 0.15) is 0 Å². The zero-order chi connectivity index (χ0) is 13.3. The molecule has 1 saturated heterocycles. The van der Waals surface area contributed by atoms with Gasteiger partial charge in [0, 0.05) is 5.56 Å². The number of hydroxylamine groups is 1. The highest BCUT2D eigenvalue weighted by Gasteiger charge is 2.33. The molecular weight excluding hydrogens is 258 g/mol. The van der Waals surface area contributed by atoms with Gasteiger partial charge in [0.05, 0.1) is 24.2 Å². The maximum absolute atomic E-state index is 12.1. The first-order chi connectivity index (χ1) is 8.41. The second-order valence-electron chi connectivity index (χ2n) is 4.02. The number of benzene rings is 1. The van der Waals surface area contributed by atoms with E-state index in [1.165, 1.54) is 31.2 Å². The van der Waals surface area contributed by atoms with E-state index in [-0.39, 0.29) is 23.8 Å². The smallest absolute Gasteiger partial charge is 0.265 e. The molecule has 0 bridgehead atoms. The second-order valence-corrected chi connectivity index (χ2v) is 5.85. The summed E-state index contributed by atoms with van der Waals surface area (Å²) in [5, 5.41) is 9.25. The third-order valence-electron chi connectivity index (χ3n) is 2.60. The average Bonchev–Trinajstić information content (AvgIpc) is 2.76. The number of β-amino-alcohol motifs (C(OH)–C–C–N with tert-alkyl or cyclic N) is 1. The van der Waals surface area contributed by atoms with Crippen LogP contribution in [-0.4, -0.2) is 43.0 Å². The Bertz CT molecular complexity index is 551. The fraction of sp³-hybridized carbons (Fsp3) is 0.364. The van der Waals surface area contributed by atoms with E-state index in [1.54, 1.807) is 0 Å². The minimum absolute atomic E-state index is 0.0293. The number of carbonyl (C=O) groups is 1. The molecule has 0 saturated carbocycles. The average molecular weight is 271 g/mol. The topological polar surface area (TPSA) is 83.9 Å². The predicted octanol–water partition coefficient (Wildman–Crippen LogP) is 0.186. The van der Waals surface area contributed by atoms with Gasteiger partial charge in [-0.05, 0) is 19.1 Å². The third-order valence-corrected chi connectivity index (χ3v) is 4.26. The fourth-order valence-electron chi connectivity index (χ4n) is 1.59. The Balaban J connectivity index is 2.27. The lowest BCUT2D eigenvalue weighted by Gasteiger charge is -2.14. The number of ketones is 1. The molecule has 1 fully saturated rings. The van der Waals surface area contributed by atoms with Gasteiger partial charge in [-0.3, -0.25) is 9.63 Å². The SMILES string of the molecule is CC(=O)c1ccc(S(=O)(=O)N2CC(O)CO2)cc1. The van der Waals surface area contributed by atoms with Crippen molar-refractivity contribution >= 4 is 15.8 Å². The molecule has 0 amide bonds. The van der Waals surface area contributed by atoms with Crippen LogP contribution in [0.3, 0.4) is 0 Å². The van der Waals surface area contributed by atoms with Gasteiger partial charge in [0.15, 0.2) is 5.78 Å². The van der Waals surface area contributed by atoms with Crippen molar-refractivity contribution in [3.63, 3.8) is 0 Å². The van der Waals surface area contributed by atoms with Gasteiger partial charge < -0.3 is 5.11 Å². The molecule has 1 heterocycles. The Morgan fingerprint density at radius 2 is 2.00 bits per heavy atom. The van der Waals surface area contributed by atoms with Crippen LogP contribution in [-0.2, 0) is 14.9 Å². The fourth-order valence-corrected chi connectivity index (χ4v) is 2.88. The first kappa shape index (κ1) is 13.2. The highest BCUT2D eigenvalue weighted by atomic mass is 32.2. The normalized spacial score (nSPS) is 21.1. The minimum atomic E-state index is -3.77. The molecule has 1 aliphatic heterocycles. The van der Waals surface area contributed by atoms with Crippen LogP contribution in [0, 0.1) is 0 Å². The van der Waals surface area contributed by atoms with E-state index in [4.69, 9.17) is 4.84 Å². The molecule has 1 aromatic carbocycles. The van der Waals surface area contributed by atoms with Crippen molar-refractivity contribution < 1.29 is 23.2 Å². The molecule has 7 heteroatoms. The van der Waals surface area contributed by atoms with E-state index in [0.29, 0.717) is 5.56 Å². The van der Waals surface area contributed by atoms with E-state index in [0.717, 1.165) is 4.47 Å². The highest BCUT2D eigenvalue weighted by molar-refractivity contribution is 7.89. The Labute approximate surface area is 105 Å². The standard InChI is InChI=1S/C11H13NO5S/c1-8(13)9-2-4-11(5-3-9)18(15,16)12-6-10(14)7-17-12/h2-5,10,14H,6-7H2,1H3. The van der Waals surface area contributed by atoms with Gasteiger partial charge in [-0.25, -0.2) is 8.42 Å². The molecule has 0 radical (unpaired) electrons. The van der Waals surface area contributed by atoms with Crippen molar-refractivity contribution in [2.24, 2.45) is 0 Å². The van der Waals surface area contributed by atoms with Gasteiger partial charge in [-0.2, -0.15) is 0 Å². The Hall–Kier alpha value is -1.28. The Morgan fingerprint density at radius 1 is 1.39 bits per heavy atom. The van der Waals surface area contributed by atoms with E-state index >= 15 is 0 Å². The summed E-state index contributed by atoms with van der Waals surface area (Å²) in [6, 6.07) is 5.59. The van der Waals surface area contributed by atoms with Crippen LogP contribution >= 0.6 is 0 Å². The molecule has 6 nitrogen and oxygen atoms in total. The Morgan fingerprint density at radius 3 is 2.44 bits per heavy atom. The molecule has 18 heavy (non-hydrogen) atoms. The monoisotopic (exact) mass is 271 g/mol. The molecule has 1 unspecified atom stereocenters. The lowest BCUT2D eigenvalue weighted by atomic mass is 10.2. The van der Waals surface area contributed by atoms with Crippen LogP contribution in [0.5, 0.6) is 0 Å². The first-order valence-electron chi connectivity index (χ1n) is 5.36. The van der Waals surface area contributed by atoms with E-state index in [2.05, 4.69) is 0 Å². The lowest BCUT2D eigenvalue weighted by Crippen LogP contribution is -2.28. The molecule has 1 atom stereocenters. The lowest BCUT2D eigenvalue weighted by molar-refractivity contribution is -0.0316. The van der Waals surface area contributed by atoms with Gasteiger partial charge in [0.25, 0.3) is 10.0 Å². The molecule has 1 N–H and O–H groups in total. The molecule has 98 valence electrons. The number of carbonyl (C=O) groups excluding carboxylic acids is 1. The number of rotatable bonds is 3. The van der Waals surface area contributed by atoms with E-state index < -0.39 is 16.1 Å². The van der Waals surface area contributed by atoms with Gasteiger partial charge in [0.2, 0.25) is 0 Å². The van der Waals surface area contributed by atoms with E-state index in [9.17, 15) is 18.3 Å². The van der Waals surface area contributed by atoms with Crippen molar-refractivity contribution in [3.8, 4) is 0 Å². The zero-order valence-corrected chi connectivity index (χ0v) is 10.6. The summed E-state index contributed by atoms with van der Waals surface area (Å²) in [5.74, 6) is -0.133. The molecule has 1 aromatic rings. The van der Waals surface area contributed by atoms with Gasteiger partial charge >= 0.3 is 0 Å². The molecule has 0 spiro atoms. The maximum atomic E-state index is 12.1. The third kappa shape index (κ3) is 2.44. The quantitative estimate of drug-likeness (QED) is 0.793. The minimum Gasteiger partial charge on any atom is -0.389 e. The maximum Gasteiger partial charge on any atom is 0.265 e. The van der Waals surface area contributed by atoms with Gasteiger partial charge in [-0.15, -0.1) is 0 Å². The molecule has 1 aliphatic rings. The molecule has 2 rings (SSSR count). The second kappa shape index (κ2) is 4.77. The Kier molecular flexibility index (Phi) is 3.49. The van der Waals surface area contributed by atoms with Crippen molar-refractivity contribution in [2.45, 2.75) is 17.9 Å². The number of aliphatic hydroxyl groups is 1. The summed E-state index contributed by atoms with van der Waals surface area (Å²) in [6.45, 7) is 1.28. The van der Waals surface area contributed by atoms with Crippen LogP contribution in [0.25, 0.3) is 0 Å². The number of aliphatic hydroxyl groups excluding tert-OH is 1. The summed E-state index contributed by atoms with van der Waals surface area (Å²) in [5.41, 5.74) is 0.441. The summed E-state index contributed by atoms with van der Waals surface area (Å²) in [7, 11) is -3.77. The zero-order valence-electron chi connectivity index (χ0n) is 9.74. The van der Waals surface area contributed by atoms with E-state index in [1.807, 2.05) is 0 Å². The highest BCUT2D eigenvalue weighted by Crippen LogP contribution is 2.20. The van der Waals surface area contributed by atoms with Crippen molar-refractivity contribution in [3.05, 3.63) is 29.8 Å². The summed E-state index contributed by atoms with van der Waals surface area (Å²) < 4.78 is 24.9. The van der Waals surface area contributed by atoms with Crippen molar-refractivity contribution in [1.82, 2.24) is 4.47 Å². The van der Waals surface area contributed by atoms with Crippen molar-refractivity contribution in [1.29, 1.82) is 0 Å². The number of hydrogen-bond donors (Lipinski definition) is 1. The van der Waals surface area contributed by atoms with Crippen LogP contribution in [0.1, 0.15) is 17.3 Å². The number of Topliss-reactive ketones (excluding diaryl/α,β-unsaturated/α-hetero) is 1. The number of hydrogen-bond acceptors (Lipinski definition) is 5. The predicted molar refractivity (Wildman–Crippen MR) is 62.3 cm³/mol. The number of nitrogens with zero attached hydrogens (tertiary/aromatic N) is 1. The van der Waals surface area contributed by atoms with Crippen LogP contribution < -0.4 is 0 Å². The summed E-state index contributed by atoms with van der Waals surface area (Å²) in [4.78, 5) is 16.0. The summed E-state index contributed by atoms with van der Waals surface area (Å²) >= 11 is 0. The van der Waals surface area contributed by atoms with Crippen LogP contribution in [0.2, 0.25) is 0 Å². The molecular formula is C11H13NO5S. The first-order valence-corrected chi connectivity index (χ1v) is 6.80. The molecule has 0 aromatic heterocycles. The largest absolute Gasteiger partial charge is 0.389 e. The van der Waals surface area contributed by atoms with Crippen molar-refractivity contribution in [2.75, 3.05) is 13.2 Å². The number of sulfonamides is 1. The van der Waals surface area contributed by atoms with Crippen LogP contribution in [0.4, 0.5) is 0 Å². The molecule has 0 aliphatic carbocycles. The van der Waals surface area contributed by atoms with Gasteiger partial charge in [-0.1, -0.05) is 16.6 Å².